The molecule has 1 heterocycles. The summed E-state index contributed by atoms with van der Waals surface area (Å²) in [5, 5.41) is 6.01. The largest absolute Gasteiger partial charge is 0.355 e. The average Bonchev–Trinajstić information content (AvgIpc) is 2.67. The zero-order valence-corrected chi connectivity index (χ0v) is 15.5. The summed E-state index contributed by atoms with van der Waals surface area (Å²) < 4.78 is 23.1. The number of para-hydroxylation sites is 1. The smallest absolute Gasteiger partial charge is 0.253 e. The molecule has 0 aliphatic heterocycles. The predicted octanol–water partition coefficient (Wildman–Crippen LogP) is 3.16. The topological polar surface area (TPSA) is 88.2 Å². The first-order valence-electron chi connectivity index (χ1n) is 8.28. The fraction of sp³-hybridized carbons (Fsp3) is 0.100. The highest BCUT2D eigenvalue weighted by molar-refractivity contribution is 7.90. The first-order chi connectivity index (χ1) is 12.9. The number of pyridine rings is 1. The second-order valence-electron chi connectivity index (χ2n) is 5.97. The number of nitrogens with zero attached hydrogens (tertiary/aromatic N) is 1. The van der Waals surface area contributed by atoms with Crippen molar-refractivity contribution in [3.63, 3.8) is 0 Å². The van der Waals surface area contributed by atoms with Gasteiger partial charge < -0.3 is 10.6 Å². The van der Waals surface area contributed by atoms with E-state index in [2.05, 4.69) is 15.6 Å². The van der Waals surface area contributed by atoms with Gasteiger partial charge in [0.15, 0.2) is 9.84 Å². The van der Waals surface area contributed by atoms with Gasteiger partial charge >= 0.3 is 0 Å². The third-order valence-corrected chi connectivity index (χ3v) is 5.02. The van der Waals surface area contributed by atoms with E-state index in [-0.39, 0.29) is 10.8 Å². The zero-order chi connectivity index (χ0) is 19.3. The molecule has 6 nitrogen and oxygen atoms in total. The molecule has 3 rings (SSSR count). The molecule has 0 fully saturated rings. The summed E-state index contributed by atoms with van der Waals surface area (Å²) in [5.41, 5.74) is 2.57. The normalized spacial score (nSPS) is 11.0. The number of sulfone groups is 1. The summed E-state index contributed by atoms with van der Waals surface area (Å²) in [4.78, 5) is 17.0. The van der Waals surface area contributed by atoms with Crippen molar-refractivity contribution in [3.8, 4) is 0 Å². The maximum absolute atomic E-state index is 12.6. The second-order valence-corrected chi connectivity index (χ2v) is 7.99. The molecule has 0 aliphatic carbocycles. The molecule has 7 heteroatoms. The minimum atomic E-state index is -3.25. The highest BCUT2D eigenvalue weighted by atomic mass is 32.2. The maximum Gasteiger partial charge on any atom is 0.253 e. The Bertz CT molecular complexity index is 1030. The number of hydrogen-bond acceptors (Lipinski definition) is 5. The zero-order valence-electron chi connectivity index (χ0n) is 14.7. The Hall–Kier alpha value is -3.19. The van der Waals surface area contributed by atoms with Gasteiger partial charge in [-0.05, 0) is 48.5 Å². The van der Waals surface area contributed by atoms with Crippen molar-refractivity contribution in [3.05, 3.63) is 84.2 Å². The standard InChI is InChI=1S/C20H19N3O3S/c1-27(25,26)17-11-9-15(10-12-17)23-19-8-3-2-7-18(19)20(24)22-14-16-6-4-5-13-21-16/h2-13,23H,14H2,1H3,(H,22,24). The highest BCUT2D eigenvalue weighted by Crippen LogP contribution is 2.22. The van der Waals surface area contributed by atoms with Crippen LogP contribution in [0.15, 0.2) is 77.8 Å². The van der Waals surface area contributed by atoms with Crippen LogP contribution in [0, 0.1) is 0 Å². The summed E-state index contributed by atoms with van der Waals surface area (Å²) in [6.45, 7) is 0.330. The van der Waals surface area contributed by atoms with Gasteiger partial charge in [0.05, 0.1) is 28.4 Å². The molecule has 0 saturated carbocycles. The molecule has 0 aliphatic rings. The molecule has 1 amide bonds. The quantitative estimate of drug-likeness (QED) is 0.685. The Kier molecular flexibility index (Phi) is 5.52. The fourth-order valence-electron chi connectivity index (χ4n) is 2.50. The van der Waals surface area contributed by atoms with Crippen molar-refractivity contribution < 1.29 is 13.2 Å². The lowest BCUT2D eigenvalue weighted by molar-refractivity contribution is 0.0951. The molecule has 0 atom stereocenters. The molecular weight excluding hydrogens is 362 g/mol. The van der Waals surface area contributed by atoms with E-state index in [1.54, 1.807) is 36.5 Å². The number of nitrogens with one attached hydrogen (secondary N) is 2. The Labute approximate surface area is 158 Å². The lowest BCUT2D eigenvalue weighted by Gasteiger charge is -2.12. The van der Waals surface area contributed by atoms with Crippen LogP contribution in [-0.4, -0.2) is 25.6 Å². The van der Waals surface area contributed by atoms with Crippen LogP contribution in [0.25, 0.3) is 0 Å². The van der Waals surface area contributed by atoms with Gasteiger partial charge in [-0.3, -0.25) is 9.78 Å². The fourth-order valence-corrected chi connectivity index (χ4v) is 3.13. The van der Waals surface area contributed by atoms with Gasteiger partial charge in [0.1, 0.15) is 0 Å². The van der Waals surface area contributed by atoms with Gasteiger partial charge in [-0.25, -0.2) is 8.42 Å². The Balaban J connectivity index is 1.74. The van der Waals surface area contributed by atoms with E-state index in [1.807, 2.05) is 24.3 Å². The summed E-state index contributed by atoms with van der Waals surface area (Å²) in [5.74, 6) is -0.225. The lowest BCUT2D eigenvalue weighted by atomic mass is 10.1. The van der Waals surface area contributed by atoms with E-state index >= 15 is 0 Å². The molecule has 0 unspecified atom stereocenters. The Morgan fingerprint density at radius 1 is 0.963 bits per heavy atom. The van der Waals surface area contributed by atoms with Crippen LogP contribution in [-0.2, 0) is 16.4 Å². The number of carbonyl (C=O) groups is 1. The third-order valence-electron chi connectivity index (χ3n) is 3.89. The summed E-state index contributed by atoms with van der Waals surface area (Å²) in [6.07, 6.45) is 2.84. The van der Waals surface area contributed by atoms with Crippen molar-refractivity contribution in [1.29, 1.82) is 0 Å². The molecular formula is C20H19N3O3S. The second kappa shape index (κ2) is 8.01. The van der Waals surface area contributed by atoms with Crippen molar-refractivity contribution in [2.24, 2.45) is 0 Å². The SMILES string of the molecule is CS(=O)(=O)c1ccc(Nc2ccccc2C(=O)NCc2ccccn2)cc1. The molecule has 138 valence electrons. The Morgan fingerprint density at radius 2 is 1.67 bits per heavy atom. The Morgan fingerprint density at radius 3 is 2.33 bits per heavy atom. The van der Waals surface area contributed by atoms with E-state index in [0.717, 1.165) is 11.9 Å². The van der Waals surface area contributed by atoms with E-state index in [1.165, 1.54) is 12.1 Å². The van der Waals surface area contributed by atoms with Crippen LogP contribution in [0.4, 0.5) is 11.4 Å². The van der Waals surface area contributed by atoms with Gasteiger partial charge in [-0.1, -0.05) is 18.2 Å². The van der Waals surface area contributed by atoms with Gasteiger partial charge in [0, 0.05) is 18.1 Å². The van der Waals surface area contributed by atoms with Gasteiger partial charge in [-0.2, -0.15) is 0 Å². The van der Waals surface area contributed by atoms with E-state index in [0.29, 0.717) is 23.5 Å². The summed E-state index contributed by atoms with van der Waals surface area (Å²) in [7, 11) is -3.25. The van der Waals surface area contributed by atoms with Crippen LogP contribution in [0.3, 0.4) is 0 Å². The minimum Gasteiger partial charge on any atom is -0.355 e. The van der Waals surface area contributed by atoms with Crippen LogP contribution in [0.1, 0.15) is 16.1 Å². The van der Waals surface area contributed by atoms with Gasteiger partial charge in [0.25, 0.3) is 5.91 Å². The van der Waals surface area contributed by atoms with Gasteiger partial charge in [0.2, 0.25) is 0 Å². The minimum absolute atomic E-state index is 0.225. The molecule has 27 heavy (non-hydrogen) atoms. The maximum atomic E-state index is 12.6. The molecule has 0 spiro atoms. The van der Waals surface area contributed by atoms with Crippen molar-refractivity contribution >= 4 is 27.1 Å². The number of aromatic nitrogens is 1. The predicted molar refractivity (Wildman–Crippen MR) is 105 cm³/mol. The molecule has 1 aromatic heterocycles. The average molecular weight is 381 g/mol. The van der Waals surface area contributed by atoms with E-state index in [9.17, 15) is 13.2 Å². The summed E-state index contributed by atoms with van der Waals surface area (Å²) >= 11 is 0. The van der Waals surface area contributed by atoms with E-state index < -0.39 is 9.84 Å². The molecule has 2 aromatic carbocycles. The van der Waals surface area contributed by atoms with Crippen molar-refractivity contribution in [2.45, 2.75) is 11.4 Å². The van der Waals surface area contributed by atoms with Crippen LogP contribution >= 0.6 is 0 Å². The molecule has 0 radical (unpaired) electrons. The molecule has 2 N–H and O–H groups in total. The van der Waals surface area contributed by atoms with Gasteiger partial charge in [-0.15, -0.1) is 0 Å². The lowest BCUT2D eigenvalue weighted by Crippen LogP contribution is -2.24. The molecule has 3 aromatic rings. The molecule has 0 bridgehead atoms. The highest BCUT2D eigenvalue weighted by Gasteiger charge is 2.12. The van der Waals surface area contributed by atoms with Crippen LogP contribution < -0.4 is 10.6 Å². The number of benzene rings is 2. The first kappa shape index (κ1) is 18.6. The van der Waals surface area contributed by atoms with E-state index in [4.69, 9.17) is 0 Å². The number of amides is 1. The third kappa shape index (κ3) is 4.92. The van der Waals surface area contributed by atoms with Crippen molar-refractivity contribution in [1.82, 2.24) is 10.3 Å². The van der Waals surface area contributed by atoms with Crippen molar-refractivity contribution in [2.75, 3.05) is 11.6 Å². The number of carbonyl (C=O) groups excluding carboxylic acids is 1. The summed E-state index contributed by atoms with van der Waals surface area (Å²) in [6, 6.07) is 19.0. The first-order valence-corrected chi connectivity index (χ1v) is 10.2. The van der Waals surface area contributed by atoms with Crippen LogP contribution in [0.2, 0.25) is 0 Å². The monoisotopic (exact) mass is 381 g/mol. The van der Waals surface area contributed by atoms with Crippen LogP contribution in [0.5, 0.6) is 0 Å². The number of hydrogen-bond donors (Lipinski definition) is 2. The number of anilines is 2. The molecule has 0 saturated heterocycles. The number of rotatable bonds is 6.